The zero-order chi connectivity index (χ0) is 22.7. The lowest BCUT2D eigenvalue weighted by molar-refractivity contribution is 0.0980. The third-order valence-electron chi connectivity index (χ3n) is 4.77. The molecular formula is C23H29Cl2NO4S. The molecule has 170 valence electrons. The van der Waals surface area contributed by atoms with Crippen LogP contribution in [0, 0.1) is 0 Å². The van der Waals surface area contributed by atoms with Crippen LogP contribution >= 0.6 is 23.2 Å². The second-order valence-electron chi connectivity index (χ2n) is 7.44. The Labute approximate surface area is 195 Å². The van der Waals surface area contributed by atoms with Crippen LogP contribution in [-0.2, 0) is 28.0 Å². The van der Waals surface area contributed by atoms with Crippen LogP contribution in [0.3, 0.4) is 0 Å². The fourth-order valence-electron chi connectivity index (χ4n) is 2.99. The number of benzene rings is 2. The number of rotatable bonds is 13. The highest BCUT2D eigenvalue weighted by Gasteiger charge is 2.15. The van der Waals surface area contributed by atoms with Gasteiger partial charge in [0.2, 0.25) is 10.0 Å². The predicted octanol–water partition coefficient (Wildman–Crippen LogP) is 6.13. The number of unbranched alkanes of at least 4 members (excludes halogenated alkanes) is 5. The Hall–Kier alpha value is -1.60. The molecule has 0 aliphatic rings. The van der Waals surface area contributed by atoms with E-state index < -0.39 is 15.9 Å². The molecule has 0 bridgehead atoms. The number of sulfonamides is 1. The molecule has 0 aliphatic heterocycles. The first kappa shape index (κ1) is 25.7. The highest BCUT2D eigenvalue weighted by molar-refractivity contribution is 7.90. The molecule has 1 amide bonds. The van der Waals surface area contributed by atoms with Crippen LogP contribution in [-0.4, -0.2) is 20.1 Å². The highest BCUT2D eigenvalue weighted by atomic mass is 35.5. The van der Waals surface area contributed by atoms with E-state index in [0.29, 0.717) is 29.7 Å². The minimum Gasteiger partial charge on any atom is -0.372 e. The average Bonchev–Trinajstić information content (AvgIpc) is 2.72. The number of carbonyl (C=O) groups is 1. The summed E-state index contributed by atoms with van der Waals surface area (Å²) in [5.41, 5.74) is 1.98. The van der Waals surface area contributed by atoms with Gasteiger partial charge in [-0.05, 0) is 41.8 Å². The van der Waals surface area contributed by atoms with Crippen molar-refractivity contribution < 1.29 is 17.9 Å². The number of halogens is 2. The third-order valence-corrected chi connectivity index (χ3v) is 6.68. The number of amides is 1. The van der Waals surface area contributed by atoms with E-state index in [0.717, 1.165) is 36.8 Å². The van der Waals surface area contributed by atoms with Crippen molar-refractivity contribution in [3.05, 3.63) is 69.2 Å². The molecule has 2 rings (SSSR count). The van der Waals surface area contributed by atoms with Gasteiger partial charge in [0.15, 0.2) is 0 Å². The van der Waals surface area contributed by atoms with Crippen molar-refractivity contribution in [2.24, 2.45) is 0 Å². The maximum absolute atomic E-state index is 12.3. The van der Waals surface area contributed by atoms with Crippen molar-refractivity contribution in [3.8, 4) is 0 Å². The second kappa shape index (κ2) is 13.1. The zero-order valence-corrected chi connectivity index (χ0v) is 20.0. The summed E-state index contributed by atoms with van der Waals surface area (Å²) in [5.74, 6) is -0.657. The first-order valence-corrected chi connectivity index (χ1v) is 12.9. The Kier molecular flexibility index (Phi) is 10.8. The summed E-state index contributed by atoms with van der Waals surface area (Å²) in [7, 11) is -3.63. The molecule has 0 aromatic heterocycles. The molecule has 2 aromatic rings. The lowest BCUT2D eigenvalue weighted by Gasteiger charge is -2.09. The van der Waals surface area contributed by atoms with E-state index >= 15 is 0 Å². The third kappa shape index (κ3) is 9.60. The summed E-state index contributed by atoms with van der Waals surface area (Å²) >= 11 is 12.0. The average molecular weight is 486 g/mol. The number of nitrogens with one attached hydrogen (secondary N) is 1. The van der Waals surface area contributed by atoms with Crippen LogP contribution in [0.5, 0.6) is 0 Å². The van der Waals surface area contributed by atoms with E-state index in [1.54, 1.807) is 36.4 Å². The van der Waals surface area contributed by atoms with Crippen LogP contribution in [0.15, 0.2) is 42.5 Å². The minimum atomic E-state index is -3.63. The van der Waals surface area contributed by atoms with Gasteiger partial charge in [0.1, 0.15) is 0 Å². The van der Waals surface area contributed by atoms with E-state index in [1.807, 2.05) is 6.07 Å². The van der Waals surface area contributed by atoms with E-state index in [-0.39, 0.29) is 11.3 Å². The SMILES string of the molecule is CCCCCCCCS(=O)(=O)NC(=O)c1ccc(COCc2ccc(Cl)cc2Cl)cc1. The smallest absolute Gasteiger partial charge is 0.264 e. The number of hydrogen-bond acceptors (Lipinski definition) is 4. The molecule has 1 N–H and O–H groups in total. The number of hydrogen-bond donors (Lipinski definition) is 1. The van der Waals surface area contributed by atoms with Crippen LogP contribution in [0.2, 0.25) is 10.0 Å². The molecule has 0 fully saturated rings. The Bertz CT molecular complexity index is 947. The van der Waals surface area contributed by atoms with Crippen LogP contribution < -0.4 is 4.72 Å². The first-order chi connectivity index (χ1) is 14.8. The van der Waals surface area contributed by atoms with E-state index in [9.17, 15) is 13.2 Å². The van der Waals surface area contributed by atoms with Gasteiger partial charge < -0.3 is 4.74 Å². The molecule has 0 saturated heterocycles. The first-order valence-electron chi connectivity index (χ1n) is 10.5. The van der Waals surface area contributed by atoms with Gasteiger partial charge in [-0.3, -0.25) is 4.79 Å². The molecular weight excluding hydrogens is 457 g/mol. The monoisotopic (exact) mass is 485 g/mol. The maximum atomic E-state index is 12.3. The van der Waals surface area contributed by atoms with Crippen LogP contribution in [0.4, 0.5) is 0 Å². The van der Waals surface area contributed by atoms with Gasteiger partial charge in [-0.25, -0.2) is 13.1 Å². The van der Waals surface area contributed by atoms with Gasteiger partial charge in [-0.1, -0.05) is 80.4 Å². The lowest BCUT2D eigenvalue weighted by Crippen LogP contribution is -2.32. The second-order valence-corrected chi connectivity index (χ2v) is 10.1. The molecule has 5 nitrogen and oxygen atoms in total. The molecule has 0 aliphatic carbocycles. The van der Waals surface area contributed by atoms with E-state index in [4.69, 9.17) is 27.9 Å². The molecule has 0 heterocycles. The largest absolute Gasteiger partial charge is 0.372 e. The molecule has 0 atom stereocenters. The van der Waals surface area contributed by atoms with Crippen LogP contribution in [0.1, 0.15) is 66.9 Å². The summed E-state index contributed by atoms with van der Waals surface area (Å²) in [6.45, 7) is 2.79. The van der Waals surface area contributed by atoms with E-state index in [2.05, 4.69) is 11.6 Å². The molecule has 8 heteroatoms. The fraction of sp³-hybridized carbons (Fsp3) is 0.435. The van der Waals surface area contributed by atoms with Crippen molar-refractivity contribution >= 4 is 39.1 Å². The summed E-state index contributed by atoms with van der Waals surface area (Å²) in [4.78, 5) is 12.3. The number of carbonyl (C=O) groups excluding carboxylic acids is 1. The Morgan fingerprint density at radius 3 is 2.29 bits per heavy atom. The zero-order valence-electron chi connectivity index (χ0n) is 17.7. The molecule has 0 radical (unpaired) electrons. The van der Waals surface area contributed by atoms with Crippen LogP contribution in [0.25, 0.3) is 0 Å². The minimum absolute atomic E-state index is 0.0377. The normalized spacial score (nSPS) is 11.5. The van der Waals surface area contributed by atoms with Crippen molar-refractivity contribution in [1.82, 2.24) is 4.72 Å². The Morgan fingerprint density at radius 2 is 1.61 bits per heavy atom. The predicted molar refractivity (Wildman–Crippen MR) is 126 cm³/mol. The van der Waals surface area contributed by atoms with Gasteiger partial charge in [-0.15, -0.1) is 0 Å². The van der Waals surface area contributed by atoms with Crippen molar-refractivity contribution in [3.63, 3.8) is 0 Å². The molecule has 0 unspecified atom stereocenters. The lowest BCUT2D eigenvalue weighted by atomic mass is 10.1. The number of ether oxygens (including phenoxy) is 1. The van der Waals surface area contributed by atoms with Crippen molar-refractivity contribution in [1.29, 1.82) is 0 Å². The van der Waals surface area contributed by atoms with Gasteiger partial charge in [0.25, 0.3) is 5.91 Å². The summed E-state index contributed by atoms with van der Waals surface area (Å²) in [6, 6.07) is 11.9. The standard InChI is InChI=1S/C23H29Cl2NO4S/c1-2-3-4-5-6-7-14-31(28,29)26-23(27)19-10-8-18(9-11-19)16-30-17-20-12-13-21(24)15-22(20)25/h8-13,15H,2-7,14,16-17H2,1H3,(H,26,27). The van der Waals surface area contributed by atoms with Gasteiger partial charge in [0.05, 0.1) is 19.0 Å². The summed E-state index contributed by atoms with van der Waals surface area (Å²) < 4.78 is 32.1. The van der Waals surface area contributed by atoms with Gasteiger partial charge in [0, 0.05) is 15.6 Å². The molecule has 31 heavy (non-hydrogen) atoms. The van der Waals surface area contributed by atoms with Gasteiger partial charge in [-0.2, -0.15) is 0 Å². The highest BCUT2D eigenvalue weighted by Crippen LogP contribution is 2.22. The maximum Gasteiger partial charge on any atom is 0.264 e. The summed E-state index contributed by atoms with van der Waals surface area (Å²) in [6.07, 6.45) is 5.86. The van der Waals surface area contributed by atoms with E-state index in [1.165, 1.54) is 6.42 Å². The molecule has 0 spiro atoms. The fourth-order valence-corrected chi connectivity index (χ4v) is 4.54. The van der Waals surface area contributed by atoms with Crippen molar-refractivity contribution in [2.75, 3.05) is 5.75 Å². The Balaban J connectivity index is 1.77. The molecule has 0 saturated carbocycles. The topological polar surface area (TPSA) is 72.5 Å². The molecule has 2 aromatic carbocycles. The summed E-state index contributed by atoms with van der Waals surface area (Å²) in [5, 5.41) is 1.11. The van der Waals surface area contributed by atoms with Gasteiger partial charge >= 0.3 is 0 Å². The quantitative estimate of drug-likeness (QED) is 0.346. The Morgan fingerprint density at radius 1 is 0.935 bits per heavy atom. The van der Waals surface area contributed by atoms with Crippen molar-refractivity contribution in [2.45, 2.75) is 58.7 Å².